The number of esters is 1. The monoisotopic (exact) mass is 234 g/mol. The second-order valence-electron chi connectivity index (χ2n) is 2.81. The summed E-state index contributed by atoms with van der Waals surface area (Å²) in [6.07, 6.45) is 6.99. The first-order valence-corrected chi connectivity index (χ1v) is 4.70. The number of benzene rings is 1. The number of carbonyl (C=O) groups is 1. The lowest BCUT2D eigenvalue weighted by Crippen LogP contribution is -1.99. The first kappa shape index (κ1) is 12.8. The van der Waals surface area contributed by atoms with Crippen molar-refractivity contribution in [3.63, 3.8) is 0 Å². The van der Waals surface area contributed by atoms with E-state index in [0.29, 0.717) is 0 Å². The zero-order valence-corrected chi connectivity index (χ0v) is 9.15. The fraction of sp³-hybridized carbons (Fsp3) is 0. The molecule has 0 aliphatic carbocycles. The van der Waals surface area contributed by atoms with Crippen LogP contribution < -0.4 is 0 Å². The Kier molecular flexibility index (Phi) is 5.03. The van der Waals surface area contributed by atoms with Crippen molar-refractivity contribution in [3.8, 4) is 53.8 Å². The maximum Gasteiger partial charge on any atom is 0.352 e. The molecule has 3 nitrogen and oxygen atoms in total. The van der Waals surface area contributed by atoms with Gasteiger partial charge in [0.15, 0.2) is 0 Å². The molecule has 0 bridgehead atoms. The number of phenolic OH excluding ortho intramolecular Hbond substituents is 1. The Morgan fingerprint density at radius 3 is 2.33 bits per heavy atom. The lowest BCUT2D eigenvalue weighted by Gasteiger charge is -1.96. The number of hydrogen-bond acceptors (Lipinski definition) is 3. The summed E-state index contributed by atoms with van der Waals surface area (Å²) in [6, 6.07) is 5.59. The van der Waals surface area contributed by atoms with Crippen LogP contribution in [0.2, 0.25) is 0 Å². The molecule has 0 atom stereocenters. The highest BCUT2D eigenvalue weighted by atomic mass is 16.5. The normalized spacial score (nSPS) is 7.06. The molecule has 0 saturated heterocycles. The van der Waals surface area contributed by atoms with Crippen molar-refractivity contribution in [3.05, 3.63) is 29.8 Å². The molecular weight excluding hydrogens is 228 g/mol. The van der Waals surface area contributed by atoms with E-state index < -0.39 is 5.97 Å². The van der Waals surface area contributed by atoms with E-state index >= 15 is 0 Å². The average molecular weight is 234 g/mol. The zero-order chi connectivity index (χ0) is 13.2. The van der Waals surface area contributed by atoms with Gasteiger partial charge in [-0.15, -0.1) is 6.42 Å². The van der Waals surface area contributed by atoms with Crippen molar-refractivity contribution >= 4 is 5.97 Å². The van der Waals surface area contributed by atoms with Gasteiger partial charge in [0, 0.05) is 17.8 Å². The summed E-state index contributed by atoms with van der Waals surface area (Å²) in [4.78, 5) is 11.4. The molecule has 0 aliphatic heterocycles. The Balaban J connectivity index is 2.56. The second-order valence-corrected chi connectivity index (χ2v) is 2.81. The van der Waals surface area contributed by atoms with Crippen molar-refractivity contribution in [1.82, 2.24) is 0 Å². The van der Waals surface area contributed by atoms with Gasteiger partial charge in [0.25, 0.3) is 0 Å². The van der Waals surface area contributed by atoms with Crippen molar-refractivity contribution in [2.75, 3.05) is 0 Å². The Morgan fingerprint density at radius 2 is 1.67 bits per heavy atom. The average Bonchev–Trinajstić information content (AvgIpc) is 2.38. The maximum atomic E-state index is 11.4. The number of ether oxygens (including phenoxy) is 1. The van der Waals surface area contributed by atoms with Crippen LogP contribution in [-0.2, 0) is 4.74 Å². The molecule has 0 aromatic heterocycles. The summed E-state index contributed by atoms with van der Waals surface area (Å²) in [6.45, 7) is 0. The lowest BCUT2D eigenvalue weighted by molar-refractivity contribution is 0.0690. The SMILES string of the molecule is C#CC#CC#CC#COC(=O)c1ccc(O)cc1. The van der Waals surface area contributed by atoms with Gasteiger partial charge in [-0.25, -0.2) is 4.79 Å². The summed E-state index contributed by atoms with van der Waals surface area (Å²) in [5.41, 5.74) is 0.280. The minimum atomic E-state index is -0.626. The van der Waals surface area contributed by atoms with E-state index in [1.165, 1.54) is 24.3 Å². The van der Waals surface area contributed by atoms with E-state index in [2.05, 4.69) is 46.4 Å². The van der Waals surface area contributed by atoms with Crippen molar-refractivity contribution in [2.45, 2.75) is 0 Å². The van der Waals surface area contributed by atoms with Crippen LogP contribution in [0.3, 0.4) is 0 Å². The molecule has 1 aromatic rings. The summed E-state index contributed by atoms with van der Waals surface area (Å²) < 4.78 is 4.60. The van der Waals surface area contributed by atoms with E-state index in [9.17, 15) is 4.79 Å². The molecule has 0 aliphatic rings. The quantitative estimate of drug-likeness (QED) is 0.585. The van der Waals surface area contributed by atoms with E-state index in [1.54, 1.807) is 0 Å². The summed E-state index contributed by atoms with van der Waals surface area (Å²) >= 11 is 0. The van der Waals surface area contributed by atoms with Gasteiger partial charge in [0.1, 0.15) is 11.9 Å². The third kappa shape index (κ3) is 4.50. The first-order valence-electron chi connectivity index (χ1n) is 4.70. The highest BCUT2D eigenvalue weighted by Gasteiger charge is 2.04. The van der Waals surface area contributed by atoms with Gasteiger partial charge in [-0.05, 0) is 42.0 Å². The van der Waals surface area contributed by atoms with Crippen molar-refractivity contribution < 1.29 is 14.6 Å². The van der Waals surface area contributed by atoms with Gasteiger partial charge in [-0.3, -0.25) is 0 Å². The van der Waals surface area contributed by atoms with Crippen LogP contribution in [0.1, 0.15) is 10.4 Å². The predicted molar refractivity (Wildman–Crippen MR) is 65.7 cm³/mol. The van der Waals surface area contributed by atoms with Crippen molar-refractivity contribution in [1.29, 1.82) is 0 Å². The largest absolute Gasteiger partial charge is 0.508 e. The number of carbonyl (C=O) groups excluding carboxylic acids is 1. The summed E-state index contributed by atoms with van der Waals surface area (Å²) in [5.74, 6) is 13.1. The van der Waals surface area contributed by atoms with Crippen LogP contribution >= 0.6 is 0 Å². The van der Waals surface area contributed by atoms with Crippen molar-refractivity contribution in [2.24, 2.45) is 0 Å². The van der Waals surface area contributed by atoms with Crippen LogP contribution in [0.15, 0.2) is 24.3 Å². The van der Waals surface area contributed by atoms with Crippen LogP contribution in [-0.4, -0.2) is 11.1 Å². The number of phenols is 1. The van der Waals surface area contributed by atoms with E-state index in [1.807, 2.05) is 0 Å². The standard InChI is InChI=1S/C15H6O3/c1-2-3-4-5-6-7-12-18-15(17)13-8-10-14(16)11-9-13/h1,8-11,16H. The molecule has 84 valence electrons. The second kappa shape index (κ2) is 7.08. The molecule has 1 aromatic carbocycles. The number of rotatable bonds is 1. The van der Waals surface area contributed by atoms with Gasteiger partial charge in [-0.1, -0.05) is 0 Å². The molecule has 0 heterocycles. The molecule has 0 amide bonds. The molecule has 3 heteroatoms. The van der Waals surface area contributed by atoms with Gasteiger partial charge in [-0.2, -0.15) is 0 Å². The minimum absolute atomic E-state index is 0.0654. The zero-order valence-electron chi connectivity index (χ0n) is 9.15. The van der Waals surface area contributed by atoms with E-state index in [0.717, 1.165) is 0 Å². The highest BCUT2D eigenvalue weighted by Crippen LogP contribution is 2.10. The van der Waals surface area contributed by atoms with E-state index in [-0.39, 0.29) is 11.3 Å². The first-order chi connectivity index (χ1) is 8.74. The lowest BCUT2D eigenvalue weighted by atomic mass is 10.2. The molecule has 0 radical (unpaired) electrons. The van der Waals surface area contributed by atoms with Gasteiger partial charge >= 0.3 is 5.97 Å². The summed E-state index contributed by atoms with van der Waals surface area (Å²) in [5, 5.41) is 9.03. The summed E-state index contributed by atoms with van der Waals surface area (Å²) in [7, 11) is 0. The number of hydrogen-bond donors (Lipinski definition) is 1. The number of terminal acetylenes is 1. The molecule has 1 rings (SSSR count). The molecule has 1 N–H and O–H groups in total. The smallest absolute Gasteiger partial charge is 0.352 e. The van der Waals surface area contributed by atoms with Gasteiger partial charge in [0.05, 0.1) is 5.56 Å². The molecule has 18 heavy (non-hydrogen) atoms. The van der Waals surface area contributed by atoms with Crippen LogP contribution in [0.25, 0.3) is 0 Å². The third-order valence-corrected chi connectivity index (χ3v) is 1.62. The number of aromatic hydroxyl groups is 1. The van der Waals surface area contributed by atoms with Crippen LogP contribution in [0, 0.1) is 48.1 Å². The van der Waals surface area contributed by atoms with Gasteiger partial charge in [0.2, 0.25) is 0 Å². The molecular formula is C15H6O3. The topological polar surface area (TPSA) is 46.5 Å². The third-order valence-electron chi connectivity index (χ3n) is 1.62. The molecule has 0 fully saturated rings. The van der Waals surface area contributed by atoms with Crippen LogP contribution in [0.4, 0.5) is 0 Å². The predicted octanol–water partition coefficient (Wildman–Crippen LogP) is 1.15. The molecule has 0 saturated carbocycles. The Labute approximate surface area is 105 Å². The Hall–Kier alpha value is -3.27. The minimum Gasteiger partial charge on any atom is -0.508 e. The molecule has 0 unspecified atom stereocenters. The fourth-order valence-electron chi connectivity index (χ4n) is 0.884. The Morgan fingerprint density at radius 1 is 1.06 bits per heavy atom. The highest BCUT2D eigenvalue weighted by molar-refractivity contribution is 5.90. The maximum absolute atomic E-state index is 11.4. The Bertz CT molecular complexity index is 657. The molecule has 0 spiro atoms. The van der Waals surface area contributed by atoms with E-state index in [4.69, 9.17) is 11.5 Å². The fourth-order valence-corrected chi connectivity index (χ4v) is 0.884. The van der Waals surface area contributed by atoms with Crippen LogP contribution in [0.5, 0.6) is 5.75 Å². The van der Waals surface area contributed by atoms with Gasteiger partial charge < -0.3 is 9.84 Å².